The van der Waals surface area contributed by atoms with Gasteiger partial charge in [-0.15, -0.1) is 0 Å². The minimum Gasteiger partial charge on any atom is -0.340 e. The van der Waals surface area contributed by atoms with Gasteiger partial charge in [0.25, 0.3) is 0 Å². The van der Waals surface area contributed by atoms with Crippen LogP contribution in [0.5, 0.6) is 0 Å². The van der Waals surface area contributed by atoms with Crippen LogP contribution in [0.25, 0.3) is 0 Å². The summed E-state index contributed by atoms with van der Waals surface area (Å²) in [7, 11) is 0. The second-order valence-corrected chi connectivity index (χ2v) is 6.75. The van der Waals surface area contributed by atoms with E-state index in [1.807, 2.05) is 0 Å². The first-order chi connectivity index (χ1) is 11.0. The Morgan fingerprint density at radius 1 is 1.17 bits per heavy atom. The molecule has 1 aromatic rings. The number of carbonyl (C=O) groups excluding carboxylic acids is 2. The Bertz CT molecular complexity index is 618. The van der Waals surface area contributed by atoms with Gasteiger partial charge >= 0.3 is 6.18 Å². The molecule has 2 rings (SSSR count). The zero-order valence-corrected chi connectivity index (χ0v) is 13.7. The lowest BCUT2D eigenvalue weighted by Gasteiger charge is -2.35. The van der Waals surface area contributed by atoms with Gasteiger partial charge in [-0.05, 0) is 38.8 Å². The zero-order chi connectivity index (χ0) is 18.1. The number of halogens is 3. The fourth-order valence-electron chi connectivity index (χ4n) is 2.84. The van der Waals surface area contributed by atoms with Crippen molar-refractivity contribution in [2.75, 3.05) is 13.1 Å². The molecule has 0 unspecified atom stereocenters. The first kappa shape index (κ1) is 18.4. The SMILES string of the molecule is CC(C)(N)C(=O)N1CCC[C@@H](C(=O)c2ccc(C(F)(F)F)cc2)C1. The molecule has 1 heterocycles. The third-order valence-corrected chi connectivity index (χ3v) is 4.13. The van der Waals surface area contributed by atoms with Crippen LogP contribution in [0, 0.1) is 5.92 Å². The monoisotopic (exact) mass is 342 g/mol. The molecule has 1 amide bonds. The Morgan fingerprint density at radius 2 is 1.75 bits per heavy atom. The molecule has 24 heavy (non-hydrogen) atoms. The molecule has 0 radical (unpaired) electrons. The number of Topliss-reactive ketones (excluding diaryl/α,β-unsaturated/α-hetero) is 1. The number of hydrogen-bond acceptors (Lipinski definition) is 3. The molecule has 2 N–H and O–H groups in total. The molecule has 1 saturated heterocycles. The van der Waals surface area contributed by atoms with E-state index < -0.39 is 23.2 Å². The molecule has 1 fully saturated rings. The molecule has 0 aliphatic carbocycles. The van der Waals surface area contributed by atoms with Crippen LogP contribution in [0.15, 0.2) is 24.3 Å². The van der Waals surface area contributed by atoms with Crippen LogP contribution in [-0.2, 0) is 11.0 Å². The minimum atomic E-state index is -4.43. The Balaban J connectivity index is 2.11. The summed E-state index contributed by atoms with van der Waals surface area (Å²) in [6.07, 6.45) is -3.16. The van der Waals surface area contributed by atoms with E-state index in [2.05, 4.69) is 0 Å². The fraction of sp³-hybridized carbons (Fsp3) is 0.529. The predicted octanol–water partition coefficient (Wildman–Crippen LogP) is 2.86. The topological polar surface area (TPSA) is 63.4 Å². The highest BCUT2D eigenvalue weighted by atomic mass is 19.4. The van der Waals surface area contributed by atoms with Crippen LogP contribution in [0.1, 0.15) is 42.6 Å². The summed E-state index contributed by atoms with van der Waals surface area (Å²) in [6.45, 7) is 4.00. The van der Waals surface area contributed by atoms with Gasteiger partial charge in [0.2, 0.25) is 5.91 Å². The summed E-state index contributed by atoms with van der Waals surface area (Å²) in [5, 5.41) is 0. The molecule has 1 aromatic carbocycles. The van der Waals surface area contributed by atoms with Crippen LogP contribution in [0.3, 0.4) is 0 Å². The highest BCUT2D eigenvalue weighted by Gasteiger charge is 2.34. The predicted molar refractivity (Wildman–Crippen MR) is 83.3 cm³/mol. The zero-order valence-electron chi connectivity index (χ0n) is 13.7. The number of alkyl halides is 3. The standard InChI is InChI=1S/C17H21F3N2O2/c1-16(2,21)15(24)22-9-3-4-12(10-22)14(23)11-5-7-13(8-6-11)17(18,19)20/h5-8,12H,3-4,9-10,21H2,1-2H3/t12-/m1/s1. The van der Waals surface area contributed by atoms with Gasteiger partial charge < -0.3 is 10.6 Å². The fourth-order valence-corrected chi connectivity index (χ4v) is 2.84. The number of carbonyl (C=O) groups is 2. The van der Waals surface area contributed by atoms with Crippen molar-refractivity contribution in [3.05, 3.63) is 35.4 Å². The first-order valence-corrected chi connectivity index (χ1v) is 7.80. The summed E-state index contributed by atoms with van der Waals surface area (Å²) >= 11 is 0. The molecule has 132 valence electrons. The smallest absolute Gasteiger partial charge is 0.340 e. The van der Waals surface area contributed by atoms with Gasteiger partial charge in [0.05, 0.1) is 11.1 Å². The van der Waals surface area contributed by atoms with Crippen molar-refractivity contribution < 1.29 is 22.8 Å². The maximum atomic E-state index is 12.6. The Kier molecular flexibility index (Phi) is 5.03. The molecule has 1 aliphatic rings. The Labute approximate surface area is 138 Å². The van der Waals surface area contributed by atoms with Gasteiger partial charge in [-0.1, -0.05) is 12.1 Å². The van der Waals surface area contributed by atoms with Gasteiger partial charge in [0.15, 0.2) is 5.78 Å². The van der Waals surface area contributed by atoms with Crippen molar-refractivity contribution in [2.24, 2.45) is 11.7 Å². The van der Waals surface area contributed by atoms with Gasteiger partial charge in [0.1, 0.15) is 0 Å². The lowest BCUT2D eigenvalue weighted by Crippen LogP contribution is -2.54. The molecule has 0 aromatic heterocycles. The van der Waals surface area contributed by atoms with E-state index in [0.717, 1.165) is 12.1 Å². The number of likely N-dealkylation sites (tertiary alicyclic amines) is 1. The highest BCUT2D eigenvalue weighted by Crippen LogP contribution is 2.30. The number of hydrogen-bond donors (Lipinski definition) is 1. The Hall–Kier alpha value is -1.89. The number of piperidine rings is 1. The van der Waals surface area contributed by atoms with Gasteiger partial charge in [-0.25, -0.2) is 0 Å². The normalized spacial score (nSPS) is 19.2. The second-order valence-electron chi connectivity index (χ2n) is 6.75. The minimum absolute atomic E-state index is 0.229. The van der Waals surface area contributed by atoms with Crippen molar-refractivity contribution in [3.63, 3.8) is 0 Å². The first-order valence-electron chi connectivity index (χ1n) is 7.80. The van der Waals surface area contributed by atoms with Gasteiger partial charge in [-0.3, -0.25) is 9.59 Å². The average molecular weight is 342 g/mol. The van der Waals surface area contributed by atoms with Crippen LogP contribution >= 0.6 is 0 Å². The molecule has 1 atom stereocenters. The molecule has 1 aliphatic heterocycles. The van der Waals surface area contributed by atoms with E-state index in [4.69, 9.17) is 5.73 Å². The van der Waals surface area contributed by atoms with Gasteiger partial charge in [0, 0.05) is 24.6 Å². The van der Waals surface area contributed by atoms with Crippen LogP contribution < -0.4 is 5.73 Å². The van der Waals surface area contributed by atoms with Crippen molar-refractivity contribution in [1.29, 1.82) is 0 Å². The number of amides is 1. The van der Waals surface area contributed by atoms with Crippen molar-refractivity contribution in [3.8, 4) is 0 Å². The summed E-state index contributed by atoms with van der Waals surface area (Å²) in [6, 6.07) is 4.20. The number of rotatable bonds is 3. The quantitative estimate of drug-likeness (QED) is 0.859. The van der Waals surface area contributed by atoms with E-state index in [1.165, 1.54) is 12.1 Å². The van der Waals surface area contributed by atoms with E-state index in [1.54, 1.807) is 18.7 Å². The largest absolute Gasteiger partial charge is 0.416 e. The number of ketones is 1. The lowest BCUT2D eigenvalue weighted by atomic mass is 9.88. The van der Waals surface area contributed by atoms with E-state index in [0.29, 0.717) is 19.4 Å². The summed E-state index contributed by atoms with van der Waals surface area (Å²) in [4.78, 5) is 26.3. The van der Waals surface area contributed by atoms with Crippen LogP contribution in [0.2, 0.25) is 0 Å². The third kappa shape index (κ3) is 4.14. The lowest BCUT2D eigenvalue weighted by molar-refractivity contribution is -0.138. The molecular weight excluding hydrogens is 321 g/mol. The van der Waals surface area contributed by atoms with E-state index in [-0.39, 0.29) is 23.8 Å². The van der Waals surface area contributed by atoms with E-state index in [9.17, 15) is 22.8 Å². The van der Waals surface area contributed by atoms with E-state index >= 15 is 0 Å². The summed E-state index contributed by atoms with van der Waals surface area (Å²) in [5.41, 5.74) is 4.25. The molecule has 4 nitrogen and oxygen atoms in total. The summed E-state index contributed by atoms with van der Waals surface area (Å²) < 4.78 is 37.8. The average Bonchev–Trinajstić information content (AvgIpc) is 2.52. The maximum Gasteiger partial charge on any atom is 0.416 e. The van der Waals surface area contributed by atoms with Crippen molar-refractivity contribution in [2.45, 2.75) is 38.4 Å². The third-order valence-electron chi connectivity index (χ3n) is 4.13. The number of nitrogens with two attached hydrogens (primary N) is 1. The molecule has 7 heteroatoms. The second kappa shape index (κ2) is 6.55. The molecule has 0 spiro atoms. The molecule has 0 bridgehead atoms. The van der Waals surface area contributed by atoms with Crippen molar-refractivity contribution >= 4 is 11.7 Å². The Morgan fingerprint density at radius 3 is 2.25 bits per heavy atom. The molecular formula is C17H21F3N2O2. The maximum absolute atomic E-state index is 12.6. The summed E-state index contributed by atoms with van der Waals surface area (Å²) in [5.74, 6) is -0.884. The van der Waals surface area contributed by atoms with Crippen LogP contribution in [0.4, 0.5) is 13.2 Å². The van der Waals surface area contributed by atoms with Gasteiger partial charge in [-0.2, -0.15) is 13.2 Å². The van der Waals surface area contributed by atoms with Crippen LogP contribution in [-0.4, -0.2) is 35.2 Å². The van der Waals surface area contributed by atoms with Crippen molar-refractivity contribution in [1.82, 2.24) is 4.90 Å². The number of benzene rings is 1. The number of nitrogens with zero attached hydrogens (tertiary/aromatic N) is 1. The molecule has 0 saturated carbocycles. The highest BCUT2D eigenvalue weighted by molar-refractivity contribution is 5.98.